The summed E-state index contributed by atoms with van der Waals surface area (Å²) in [6.07, 6.45) is -1.24. The van der Waals surface area contributed by atoms with Crippen molar-refractivity contribution in [2.75, 3.05) is 66.5 Å². The number of imide groups is 1. The molecule has 0 aliphatic carbocycles. The van der Waals surface area contributed by atoms with Crippen molar-refractivity contribution in [1.29, 1.82) is 0 Å². The Balaban J connectivity index is 0.0000164. The second kappa shape index (κ2) is 32.4. The van der Waals surface area contributed by atoms with E-state index in [4.69, 9.17) is 4.84 Å². The molecule has 1 fully saturated rings. The van der Waals surface area contributed by atoms with E-state index in [2.05, 4.69) is 26.6 Å². The largest absolute Gasteiger partial charge is 2.00 e. The van der Waals surface area contributed by atoms with Gasteiger partial charge in [0.15, 0.2) is 0 Å². The van der Waals surface area contributed by atoms with Crippen LogP contribution in [0.2, 0.25) is 0 Å². The summed E-state index contributed by atoms with van der Waals surface area (Å²) < 4.78 is -0.683. The van der Waals surface area contributed by atoms with E-state index in [-0.39, 0.29) is 180 Å². The zero-order chi connectivity index (χ0) is 57.6. The van der Waals surface area contributed by atoms with E-state index in [9.17, 15) is 88.0 Å². The summed E-state index contributed by atoms with van der Waals surface area (Å²) >= 11 is 0. The zero-order valence-corrected chi connectivity index (χ0v) is 45.7. The fourth-order valence-electron chi connectivity index (χ4n) is 7.71. The summed E-state index contributed by atoms with van der Waals surface area (Å²) in [5.74, 6) is -10.6. The first-order valence-electron chi connectivity index (χ1n) is 24.8. The maximum absolute atomic E-state index is 13.5. The SMILES string of the molecule is CN([O-])C(=O)CC(=O)N1CCCCN(C(=O)CC(=O)N(C)[O-])CCCNC(=O)c2ccc(n([O-])c2=O)C(=O)N[C@@H](CCCCNC(=O)CCCC(=O)ON2C(=O)CCC2=O)CNC(=O)c2ccc(c(=O)n2[O-])C(=O)NCCC1.[Ca+2]. The Morgan fingerprint density at radius 2 is 1.09 bits per heavy atom. The molecular weight excluding hydrogens is 1080 g/mol. The molecule has 4 aliphatic rings. The van der Waals surface area contributed by atoms with E-state index < -0.39 is 130 Å². The van der Waals surface area contributed by atoms with Crippen molar-refractivity contribution >= 4 is 109 Å². The maximum Gasteiger partial charge on any atom is 2.00 e. The molecule has 4 aliphatic heterocycles. The summed E-state index contributed by atoms with van der Waals surface area (Å²) in [5, 5.41) is 62.2. The van der Waals surface area contributed by atoms with Gasteiger partial charge in [-0.1, -0.05) is 0 Å². The van der Waals surface area contributed by atoms with Crippen LogP contribution in [0.25, 0.3) is 0 Å². The van der Waals surface area contributed by atoms with Gasteiger partial charge in [-0.2, -0.15) is 0 Å². The smallest absolute Gasteiger partial charge is 0.803 e. The van der Waals surface area contributed by atoms with Gasteiger partial charge in [0, 0.05) is 84.1 Å². The van der Waals surface area contributed by atoms with Crippen molar-refractivity contribution in [3.63, 3.8) is 0 Å². The Kier molecular flexibility index (Phi) is 27.0. The van der Waals surface area contributed by atoms with Gasteiger partial charge in [-0.3, -0.25) is 62.3 Å². The molecule has 0 aromatic carbocycles. The summed E-state index contributed by atoms with van der Waals surface area (Å²) in [5.41, 5.74) is -5.74. The number of nitrogens with zero attached hydrogens (tertiary/aromatic N) is 7. The molecule has 5 N–H and O–H groups in total. The third-order valence-corrected chi connectivity index (χ3v) is 12.1. The number of nitrogens with one attached hydrogen (secondary N) is 5. The summed E-state index contributed by atoms with van der Waals surface area (Å²) in [4.78, 5) is 185. The molecule has 2 aromatic rings. The monoisotopic (exact) mass is 1140 g/mol. The maximum atomic E-state index is 13.5. The number of hydrogen-bond donors (Lipinski definition) is 5. The molecule has 4 bridgehead atoms. The molecule has 6 rings (SSSR count). The third kappa shape index (κ3) is 20.4. The molecule has 1 saturated heterocycles. The number of unbranched alkanes of at least 4 members (excludes halogenated alkanes) is 1. The van der Waals surface area contributed by atoms with Gasteiger partial charge in [-0.15, -0.1) is 5.06 Å². The molecule has 2 aromatic heterocycles. The van der Waals surface area contributed by atoms with Gasteiger partial charge >= 0.3 is 43.7 Å². The van der Waals surface area contributed by atoms with Gasteiger partial charge in [0.25, 0.3) is 46.6 Å². The standard InChI is InChI=1S/C47H60N12O19.Ca/c1-53(74)37(63)26-39(65)55-22-5-6-23-56(40(66)27-38(64)54(2)75)25-9-21-50-43(69)31-14-16-33(58(77)47(31)73)45(71)52-29(28-51-44(70)32-15-13-30(46(72)57(32)76)42(68)49-20-8-24-55)10-3-4-19-48-34(60)11-7-12-41(67)78-59-35(61)17-18-36(59)62;/h13-16,29H,3-12,17-28H2,1-2H3,(H,48,60)(H,49,68)(H,50,69)(H,51,70)(H,52,71);/q-4;+2/t29-;/m0./s1. The van der Waals surface area contributed by atoms with Crippen LogP contribution in [0.15, 0.2) is 33.9 Å². The minimum Gasteiger partial charge on any atom is -0.803 e. The average molecular weight is 1140 g/mol. The second-order valence-electron chi connectivity index (χ2n) is 17.9. The first-order valence-corrected chi connectivity index (χ1v) is 24.8. The van der Waals surface area contributed by atoms with Crippen LogP contribution in [0.5, 0.6) is 0 Å². The van der Waals surface area contributed by atoms with Crippen molar-refractivity contribution in [3.05, 3.63) is 88.3 Å². The number of pyridine rings is 2. The third-order valence-electron chi connectivity index (χ3n) is 12.1. The van der Waals surface area contributed by atoms with Crippen LogP contribution in [0, 0.1) is 20.8 Å². The fraction of sp³-hybridized carbons (Fsp3) is 0.532. The molecule has 31 nitrogen and oxygen atoms in total. The minimum atomic E-state index is -1.44. The molecule has 426 valence electrons. The van der Waals surface area contributed by atoms with Crippen LogP contribution in [0.3, 0.4) is 0 Å². The van der Waals surface area contributed by atoms with Gasteiger partial charge in [0.05, 0.1) is 0 Å². The van der Waals surface area contributed by atoms with Crippen molar-refractivity contribution in [2.45, 2.75) is 95.9 Å². The number of aromatic nitrogens is 2. The Morgan fingerprint density at radius 3 is 1.57 bits per heavy atom. The van der Waals surface area contributed by atoms with E-state index in [1.54, 1.807) is 0 Å². The predicted molar refractivity (Wildman–Crippen MR) is 274 cm³/mol. The Hall–Kier alpha value is -7.48. The van der Waals surface area contributed by atoms with Crippen LogP contribution >= 0.6 is 0 Å². The number of hydroxylamine groups is 6. The molecule has 0 saturated carbocycles. The Morgan fingerprint density at radius 1 is 0.620 bits per heavy atom. The first-order chi connectivity index (χ1) is 37.0. The Labute approximate surface area is 480 Å². The van der Waals surface area contributed by atoms with E-state index >= 15 is 0 Å². The minimum absolute atomic E-state index is 0. The molecule has 0 unspecified atom stereocenters. The number of fused-ring (bicyclic) bond motifs is 2. The van der Waals surface area contributed by atoms with Crippen molar-refractivity contribution < 1.29 is 62.4 Å². The van der Waals surface area contributed by atoms with Crippen LogP contribution in [-0.2, 0) is 43.2 Å². The van der Waals surface area contributed by atoms with Gasteiger partial charge in [-0.05, 0) is 89.7 Å². The molecule has 79 heavy (non-hydrogen) atoms. The van der Waals surface area contributed by atoms with Gasteiger partial charge in [-0.25, -0.2) is 4.79 Å². The number of rotatable bonds is 14. The molecule has 0 spiro atoms. The molecular formula is C47H60CaN12O19-2. The normalized spacial score (nSPS) is 16.4. The van der Waals surface area contributed by atoms with E-state index in [0.717, 1.165) is 38.4 Å². The van der Waals surface area contributed by atoms with Crippen molar-refractivity contribution in [1.82, 2.24) is 61.0 Å². The number of hydrogen-bond acceptors (Lipinski definition) is 19. The molecule has 1 atom stereocenters. The topological polar surface area (TPSA) is 427 Å². The van der Waals surface area contributed by atoms with Gasteiger partial charge in [0.2, 0.25) is 29.5 Å². The molecule has 11 amide bonds. The summed E-state index contributed by atoms with van der Waals surface area (Å²) in [6, 6.07) is 2.54. The number of carbonyl (C=O) groups is 12. The predicted octanol–water partition coefficient (Wildman–Crippen LogP) is -2.70. The van der Waals surface area contributed by atoms with Crippen LogP contribution in [0.1, 0.15) is 132 Å². The summed E-state index contributed by atoms with van der Waals surface area (Å²) in [7, 11) is 1.82. The molecule has 6 heterocycles. The zero-order valence-electron chi connectivity index (χ0n) is 43.5. The summed E-state index contributed by atoms with van der Waals surface area (Å²) in [6.45, 7) is -1.01. The average Bonchev–Trinajstić information content (AvgIpc) is 3.73. The molecule has 32 heteroatoms. The quantitative estimate of drug-likeness (QED) is 0.0422. The van der Waals surface area contributed by atoms with E-state index in [1.165, 1.54) is 9.80 Å². The number of carbonyl (C=O) groups excluding carboxylic acids is 12. The Bertz CT molecular complexity index is 2710. The number of amides is 11. The second-order valence-corrected chi connectivity index (χ2v) is 17.9. The van der Waals surface area contributed by atoms with Crippen LogP contribution < -0.4 is 37.7 Å². The molecule has 0 radical (unpaired) electrons. The van der Waals surface area contributed by atoms with Gasteiger partial charge in [0.1, 0.15) is 35.4 Å². The first kappa shape index (κ1) is 65.8. The van der Waals surface area contributed by atoms with Crippen LogP contribution in [0.4, 0.5) is 0 Å². The van der Waals surface area contributed by atoms with E-state index in [0.29, 0.717) is 5.06 Å². The van der Waals surface area contributed by atoms with E-state index in [1.807, 2.05) is 0 Å². The van der Waals surface area contributed by atoms with Crippen molar-refractivity contribution in [2.24, 2.45) is 0 Å². The van der Waals surface area contributed by atoms with Crippen molar-refractivity contribution in [3.8, 4) is 0 Å². The van der Waals surface area contributed by atoms with Crippen LogP contribution in [-0.4, -0.2) is 216 Å². The fourth-order valence-corrected chi connectivity index (χ4v) is 7.71. The van der Waals surface area contributed by atoms with Gasteiger partial charge < -0.3 is 81.6 Å².